The number of nitrogens with zero attached hydrogens (tertiary/aromatic N) is 2. The molecule has 0 aromatic carbocycles. The molecule has 0 saturated heterocycles. The van der Waals surface area contributed by atoms with E-state index in [1.165, 1.54) is 11.3 Å². The lowest BCUT2D eigenvalue weighted by atomic mass is 10.4. The second-order valence-corrected chi connectivity index (χ2v) is 4.31. The molecule has 14 heavy (non-hydrogen) atoms. The highest BCUT2D eigenvalue weighted by atomic mass is 32.1. The number of nitrogen functional groups attached to an aromatic ring is 1. The summed E-state index contributed by atoms with van der Waals surface area (Å²) >= 11 is 1.51. The number of rotatable bonds is 6. The lowest BCUT2D eigenvalue weighted by Gasteiger charge is -2.18. The highest BCUT2D eigenvalue weighted by Gasteiger charge is 2.06. The Hall–Kier alpha value is -0.650. The van der Waals surface area contributed by atoms with Gasteiger partial charge in [-0.25, -0.2) is 4.98 Å². The number of hydrogen-bond acceptors (Lipinski definition) is 5. The fourth-order valence-electron chi connectivity index (χ4n) is 1.34. The van der Waals surface area contributed by atoms with Crippen LogP contribution in [-0.4, -0.2) is 34.7 Å². The maximum atomic E-state index is 8.87. The summed E-state index contributed by atoms with van der Waals surface area (Å²) in [6.45, 7) is 4.88. The number of nitrogens with two attached hydrogens (primary N) is 1. The fourth-order valence-corrected chi connectivity index (χ4v) is 2.07. The first-order valence-electron chi connectivity index (χ1n) is 4.79. The van der Waals surface area contributed by atoms with Crippen LogP contribution >= 0.6 is 11.3 Å². The van der Waals surface area contributed by atoms with E-state index in [1.54, 1.807) is 6.20 Å². The summed E-state index contributed by atoms with van der Waals surface area (Å²) in [5, 5.41) is 9.48. The molecular weight excluding hydrogens is 198 g/mol. The van der Waals surface area contributed by atoms with Gasteiger partial charge < -0.3 is 10.8 Å². The molecule has 5 heteroatoms. The Morgan fingerprint density at radius 1 is 1.57 bits per heavy atom. The summed E-state index contributed by atoms with van der Waals surface area (Å²) in [6.07, 6.45) is 2.90. The number of aliphatic hydroxyl groups is 1. The summed E-state index contributed by atoms with van der Waals surface area (Å²) in [4.78, 5) is 7.36. The minimum Gasteiger partial charge on any atom is -0.395 e. The molecule has 0 amide bonds. The van der Waals surface area contributed by atoms with Gasteiger partial charge in [-0.2, -0.15) is 0 Å². The first kappa shape index (κ1) is 11.4. The molecule has 1 aromatic rings. The van der Waals surface area contributed by atoms with Crippen molar-refractivity contribution in [2.24, 2.45) is 0 Å². The molecule has 0 unspecified atom stereocenters. The summed E-state index contributed by atoms with van der Waals surface area (Å²) in [6, 6.07) is 0. The van der Waals surface area contributed by atoms with E-state index in [9.17, 15) is 0 Å². The molecule has 0 fully saturated rings. The standard InChI is InChI=1S/C9H17N3OS/c1-2-3-12(4-5-13)7-8-6-11-9(10)14-8/h6,13H,2-5,7H2,1H3,(H2,10,11). The zero-order valence-electron chi connectivity index (χ0n) is 8.44. The monoisotopic (exact) mass is 215 g/mol. The van der Waals surface area contributed by atoms with Crippen LogP contribution in [0.2, 0.25) is 0 Å². The minimum absolute atomic E-state index is 0.203. The Bertz CT molecular complexity index is 258. The van der Waals surface area contributed by atoms with Crippen LogP contribution in [0.3, 0.4) is 0 Å². The van der Waals surface area contributed by atoms with E-state index in [-0.39, 0.29) is 6.61 Å². The third kappa shape index (κ3) is 3.61. The number of aliphatic hydroxyl groups excluding tert-OH is 1. The van der Waals surface area contributed by atoms with Gasteiger partial charge in [0.1, 0.15) is 0 Å². The van der Waals surface area contributed by atoms with Gasteiger partial charge in [-0.05, 0) is 13.0 Å². The predicted octanol–water partition coefficient (Wildman–Crippen LogP) is 0.930. The second-order valence-electron chi connectivity index (χ2n) is 3.16. The molecule has 0 aliphatic carbocycles. The van der Waals surface area contributed by atoms with Crippen LogP contribution in [0.4, 0.5) is 5.13 Å². The van der Waals surface area contributed by atoms with Crippen molar-refractivity contribution in [3.05, 3.63) is 11.1 Å². The molecule has 80 valence electrons. The van der Waals surface area contributed by atoms with E-state index in [0.717, 1.165) is 24.4 Å². The van der Waals surface area contributed by atoms with Gasteiger partial charge in [0.05, 0.1) is 6.61 Å². The first-order chi connectivity index (χ1) is 6.76. The predicted molar refractivity (Wildman–Crippen MR) is 59.2 cm³/mol. The quantitative estimate of drug-likeness (QED) is 0.741. The fraction of sp³-hybridized carbons (Fsp3) is 0.667. The molecule has 0 atom stereocenters. The number of thiazole rings is 1. The first-order valence-corrected chi connectivity index (χ1v) is 5.61. The zero-order valence-corrected chi connectivity index (χ0v) is 9.26. The van der Waals surface area contributed by atoms with Crippen LogP contribution < -0.4 is 5.73 Å². The molecule has 1 heterocycles. The Morgan fingerprint density at radius 3 is 2.86 bits per heavy atom. The molecule has 4 nitrogen and oxygen atoms in total. The van der Waals surface area contributed by atoms with E-state index in [4.69, 9.17) is 10.8 Å². The SMILES string of the molecule is CCCN(CCO)Cc1cnc(N)s1. The van der Waals surface area contributed by atoms with Crippen molar-refractivity contribution in [1.82, 2.24) is 9.88 Å². The highest BCUT2D eigenvalue weighted by molar-refractivity contribution is 7.15. The summed E-state index contributed by atoms with van der Waals surface area (Å²) in [5.74, 6) is 0. The largest absolute Gasteiger partial charge is 0.395 e. The summed E-state index contributed by atoms with van der Waals surface area (Å²) in [5.41, 5.74) is 5.54. The molecule has 0 radical (unpaired) electrons. The molecule has 1 rings (SSSR count). The van der Waals surface area contributed by atoms with Gasteiger partial charge in [-0.15, -0.1) is 11.3 Å². The van der Waals surface area contributed by atoms with Crippen LogP contribution in [0, 0.1) is 0 Å². The Kier molecular flexibility index (Phi) is 4.86. The Balaban J connectivity index is 2.46. The third-order valence-electron chi connectivity index (χ3n) is 1.91. The molecule has 0 aliphatic heterocycles. The molecule has 0 saturated carbocycles. The molecule has 0 spiro atoms. The smallest absolute Gasteiger partial charge is 0.180 e. The lowest BCUT2D eigenvalue weighted by Crippen LogP contribution is -2.26. The van der Waals surface area contributed by atoms with Crippen LogP contribution in [0.25, 0.3) is 0 Å². The normalized spacial score (nSPS) is 11.1. The van der Waals surface area contributed by atoms with Crippen molar-refractivity contribution in [2.45, 2.75) is 19.9 Å². The van der Waals surface area contributed by atoms with Gasteiger partial charge in [0.25, 0.3) is 0 Å². The van der Waals surface area contributed by atoms with Gasteiger partial charge in [0.15, 0.2) is 5.13 Å². The second kappa shape index (κ2) is 5.95. The average molecular weight is 215 g/mol. The van der Waals surface area contributed by atoms with E-state index in [0.29, 0.717) is 11.7 Å². The van der Waals surface area contributed by atoms with E-state index in [1.807, 2.05) is 0 Å². The van der Waals surface area contributed by atoms with Crippen molar-refractivity contribution in [3.8, 4) is 0 Å². The van der Waals surface area contributed by atoms with Crippen LogP contribution in [0.15, 0.2) is 6.20 Å². The lowest BCUT2D eigenvalue weighted by molar-refractivity contribution is 0.191. The average Bonchev–Trinajstić information content (AvgIpc) is 2.52. The minimum atomic E-state index is 0.203. The highest BCUT2D eigenvalue weighted by Crippen LogP contribution is 2.16. The van der Waals surface area contributed by atoms with Crippen LogP contribution in [0.1, 0.15) is 18.2 Å². The number of anilines is 1. The van der Waals surface area contributed by atoms with E-state index >= 15 is 0 Å². The van der Waals surface area contributed by atoms with Crippen molar-refractivity contribution < 1.29 is 5.11 Å². The van der Waals surface area contributed by atoms with Crippen molar-refractivity contribution in [3.63, 3.8) is 0 Å². The third-order valence-corrected chi connectivity index (χ3v) is 2.72. The van der Waals surface area contributed by atoms with Gasteiger partial charge >= 0.3 is 0 Å². The van der Waals surface area contributed by atoms with Gasteiger partial charge in [-0.3, -0.25) is 4.90 Å². The molecule has 0 bridgehead atoms. The Morgan fingerprint density at radius 2 is 2.36 bits per heavy atom. The van der Waals surface area contributed by atoms with Gasteiger partial charge in [-0.1, -0.05) is 6.92 Å². The Labute approximate surface area is 88.4 Å². The molecular formula is C9H17N3OS. The van der Waals surface area contributed by atoms with Crippen LogP contribution in [-0.2, 0) is 6.54 Å². The van der Waals surface area contributed by atoms with Crippen molar-refractivity contribution in [1.29, 1.82) is 0 Å². The topological polar surface area (TPSA) is 62.4 Å². The van der Waals surface area contributed by atoms with Crippen LogP contribution in [0.5, 0.6) is 0 Å². The van der Waals surface area contributed by atoms with Crippen molar-refractivity contribution in [2.75, 3.05) is 25.4 Å². The van der Waals surface area contributed by atoms with E-state index in [2.05, 4.69) is 16.8 Å². The summed E-state index contributed by atoms with van der Waals surface area (Å²) < 4.78 is 0. The maximum absolute atomic E-state index is 8.87. The zero-order chi connectivity index (χ0) is 10.4. The summed E-state index contributed by atoms with van der Waals surface area (Å²) in [7, 11) is 0. The molecule has 3 N–H and O–H groups in total. The molecule has 1 aromatic heterocycles. The van der Waals surface area contributed by atoms with Crippen molar-refractivity contribution >= 4 is 16.5 Å². The van der Waals surface area contributed by atoms with Gasteiger partial charge in [0.2, 0.25) is 0 Å². The van der Waals surface area contributed by atoms with E-state index < -0.39 is 0 Å². The molecule has 0 aliphatic rings. The number of aromatic nitrogens is 1. The number of hydrogen-bond donors (Lipinski definition) is 2. The van der Waals surface area contributed by atoms with Gasteiger partial charge in [0, 0.05) is 24.2 Å². The maximum Gasteiger partial charge on any atom is 0.180 e.